The fourth-order valence-corrected chi connectivity index (χ4v) is 4.20. The van der Waals surface area contributed by atoms with Crippen LogP contribution < -0.4 is 25.6 Å². The molecule has 10 nitrogen and oxygen atoms in total. The number of likely N-dealkylation sites (N-methyl/N-ethyl adjacent to an activating group) is 1. The van der Waals surface area contributed by atoms with Crippen molar-refractivity contribution in [2.45, 2.75) is 26.3 Å². The zero-order valence-corrected chi connectivity index (χ0v) is 23.4. The van der Waals surface area contributed by atoms with Crippen LogP contribution in [-0.4, -0.2) is 58.4 Å². The highest BCUT2D eigenvalue weighted by Gasteiger charge is 2.17. The highest BCUT2D eigenvalue weighted by molar-refractivity contribution is 6.02. The first-order valence-electron chi connectivity index (χ1n) is 12.7. The Morgan fingerprint density at radius 2 is 1.95 bits per heavy atom. The number of anilines is 4. The zero-order valence-electron chi connectivity index (χ0n) is 23.4. The monoisotopic (exact) mass is 528 g/mol. The lowest BCUT2D eigenvalue weighted by Crippen LogP contribution is -2.40. The zero-order chi connectivity index (χ0) is 28.2. The number of hydrogen-bond acceptors (Lipinski definition) is 8. The van der Waals surface area contributed by atoms with E-state index >= 15 is 0 Å². The summed E-state index contributed by atoms with van der Waals surface area (Å²) in [5, 5.41) is 15.1. The van der Waals surface area contributed by atoms with Gasteiger partial charge < -0.3 is 25.6 Å². The van der Waals surface area contributed by atoms with Crippen LogP contribution in [0.3, 0.4) is 0 Å². The molecular formula is C29H36N8O2. The first-order chi connectivity index (χ1) is 18.6. The van der Waals surface area contributed by atoms with Gasteiger partial charge in [0.2, 0.25) is 5.91 Å². The average Bonchev–Trinajstić information content (AvgIpc) is 3.28. The molecule has 0 bridgehead atoms. The van der Waals surface area contributed by atoms with Crippen LogP contribution in [-0.2, 0) is 11.8 Å². The van der Waals surface area contributed by atoms with Gasteiger partial charge in [-0.2, -0.15) is 5.10 Å². The van der Waals surface area contributed by atoms with E-state index in [1.165, 1.54) is 12.4 Å². The van der Waals surface area contributed by atoms with Gasteiger partial charge in [0.1, 0.15) is 17.9 Å². The van der Waals surface area contributed by atoms with Crippen LogP contribution in [0, 0.1) is 0 Å². The summed E-state index contributed by atoms with van der Waals surface area (Å²) in [5.74, 6) is 0.888. The Labute approximate surface area is 229 Å². The van der Waals surface area contributed by atoms with Crippen molar-refractivity contribution < 1.29 is 9.53 Å². The van der Waals surface area contributed by atoms with Crippen molar-refractivity contribution in [2.75, 3.05) is 42.8 Å². The van der Waals surface area contributed by atoms with Gasteiger partial charge in [0.25, 0.3) is 0 Å². The second kappa shape index (κ2) is 11.5. The fraction of sp³-hybridized carbons (Fsp3) is 0.310. The minimum Gasteiger partial charge on any atom is -0.494 e. The van der Waals surface area contributed by atoms with Gasteiger partial charge in [0, 0.05) is 55.8 Å². The molecule has 39 heavy (non-hydrogen) atoms. The summed E-state index contributed by atoms with van der Waals surface area (Å²) in [6.45, 7) is 11.5. The molecule has 10 heteroatoms. The maximum absolute atomic E-state index is 12.3. The molecule has 2 aromatic carbocycles. The van der Waals surface area contributed by atoms with Crippen molar-refractivity contribution in [1.29, 1.82) is 0 Å². The van der Waals surface area contributed by atoms with Crippen LogP contribution in [0.1, 0.15) is 20.8 Å². The lowest BCUT2D eigenvalue weighted by Gasteiger charge is -2.27. The Bertz CT molecular complexity index is 1490. The number of rotatable bonds is 10. The number of carbonyl (C=O) groups is 1. The first kappa shape index (κ1) is 27.6. The van der Waals surface area contributed by atoms with Crippen LogP contribution in [0.5, 0.6) is 5.75 Å². The van der Waals surface area contributed by atoms with Crippen molar-refractivity contribution in [1.82, 2.24) is 25.1 Å². The van der Waals surface area contributed by atoms with E-state index in [2.05, 4.69) is 69.3 Å². The Balaban J connectivity index is 1.64. The largest absolute Gasteiger partial charge is 0.494 e. The number of nitrogens with one attached hydrogen (secondary N) is 3. The van der Waals surface area contributed by atoms with Gasteiger partial charge >= 0.3 is 0 Å². The van der Waals surface area contributed by atoms with Crippen LogP contribution in [0.2, 0.25) is 0 Å². The Kier molecular flexibility index (Phi) is 8.15. The number of amides is 1. The minimum atomic E-state index is -0.302. The van der Waals surface area contributed by atoms with Crippen molar-refractivity contribution in [3.63, 3.8) is 0 Å². The van der Waals surface area contributed by atoms with E-state index in [4.69, 9.17) is 4.74 Å². The number of methoxy groups -OCH3 is 1. The summed E-state index contributed by atoms with van der Waals surface area (Å²) in [4.78, 5) is 23.2. The molecule has 0 aliphatic rings. The minimum absolute atomic E-state index is 0.00627. The van der Waals surface area contributed by atoms with Crippen molar-refractivity contribution in [2.24, 2.45) is 7.05 Å². The number of aromatic nitrogens is 4. The molecule has 2 heterocycles. The van der Waals surface area contributed by atoms with E-state index in [-0.39, 0.29) is 11.4 Å². The second-order valence-electron chi connectivity index (χ2n) is 10.3. The summed E-state index contributed by atoms with van der Waals surface area (Å²) in [5.41, 5.74) is 4.85. The van der Waals surface area contributed by atoms with Crippen molar-refractivity contribution >= 4 is 39.7 Å². The third-order valence-electron chi connectivity index (χ3n) is 6.25. The first-order valence-corrected chi connectivity index (χ1v) is 12.7. The molecule has 4 aromatic rings. The van der Waals surface area contributed by atoms with E-state index in [1.807, 2.05) is 55.3 Å². The van der Waals surface area contributed by atoms with Crippen LogP contribution in [0.15, 0.2) is 61.6 Å². The molecule has 0 radical (unpaired) electrons. The van der Waals surface area contributed by atoms with Gasteiger partial charge in [-0.3, -0.25) is 9.48 Å². The summed E-state index contributed by atoms with van der Waals surface area (Å²) in [7, 11) is 5.51. The summed E-state index contributed by atoms with van der Waals surface area (Å²) >= 11 is 0. The number of benzene rings is 2. The molecule has 0 saturated carbocycles. The molecule has 0 aliphatic heterocycles. The van der Waals surface area contributed by atoms with E-state index < -0.39 is 0 Å². The lowest BCUT2D eigenvalue weighted by molar-refractivity contribution is -0.111. The SMILES string of the molecule is C=CC(=O)Nc1cc(Nc2cc(-c3ccc4c(cnn4C)c3)ncn2)c(OC)cc1N(C)CCNC(C)(C)C. The van der Waals surface area contributed by atoms with E-state index in [0.717, 1.165) is 40.9 Å². The molecule has 0 saturated heterocycles. The topological polar surface area (TPSA) is 109 Å². The second-order valence-corrected chi connectivity index (χ2v) is 10.3. The molecule has 1 amide bonds. The molecule has 0 unspecified atom stereocenters. The highest BCUT2D eigenvalue weighted by atomic mass is 16.5. The number of ether oxygens (including phenoxy) is 1. The standard InChI is InChI=1S/C29H36N8O2/c1-8-28(38)35-22-14-23(26(39-7)16-25(22)36(5)12-11-32-29(2,3)4)34-27-15-21(30-18-31-27)19-9-10-24-20(13-19)17-33-37(24)6/h8-10,13-18,32H,1,11-12H2,2-7H3,(H,35,38)(H,30,31,34). The molecule has 0 spiro atoms. The maximum atomic E-state index is 12.3. The molecule has 0 atom stereocenters. The fourth-order valence-electron chi connectivity index (χ4n) is 4.20. The summed E-state index contributed by atoms with van der Waals surface area (Å²) in [6.07, 6.45) is 4.60. The van der Waals surface area contributed by atoms with Gasteiger partial charge in [-0.05, 0) is 45.0 Å². The summed E-state index contributed by atoms with van der Waals surface area (Å²) < 4.78 is 7.57. The molecule has 4 rings (SSSR count). The predicted octanol–water partition coefficient (Wildman–Crippen LogP) is 4.73. The molecule has 0 aliphatic carbocycles. The average molecular weight is 529 g/mol. The van der Waals surface area contributed by atoms with Crippen LogP contribution >= 0.6 is 0 Å². The number of carbonyl (C=O) groups excluding carboxylic acids is 1. The quantitative estimate of drug-likeness (QED) is 0.254. The molecule has 2 aromatic heterocycles. The van der Waals surface area contributed by atoms with Gasteiger partial charge in [-0.25, -0.2) is 9.97 Å². The molecule has 3 N–H and O–H groups in total. The van der Waals surface area contributed by atoms with Crippen LogP contribution in [0.4, 0.5) is 22.9 Å². The molecule has 204 valence electrons. The third kappa shape index (κ3) is 6.71. The number of aryl methyl sites for hydroxylation is 1. The van der Waals surface area contributed by atoms with E-state index in [9.17, 15) is 4.79 Å². The van der Waals surface area contributed by atoms with Crippen LogP contribution in [0.25, 0.3) is 22.2 Å². The Morgan fingerprint density at radius 1 is 1.15 bits per heavy atom. The Morgan fingerprint density at radius 3 is 2.67 bits per heavy atom. The Hall–Kier alpha value is -4.44. The number of nitrogens with zero attached hydrogens (tertiary/aromatic N) is 5. The van der Waals surface area contributed by atoms with E-state index in [1.54, 1.807) is 7.11 Å². The van der Waals surface area contributed by atoms with E-state index in [0.29, 0.717) is 22.9 Å². The van der Waals surface area contributed by atoms with Gasteiger partial charge in [-0.1, -0.05) is 12.6 Å². The van der Waals surface area contributed by atoms with Crippen molar-refractivity contribution in [3.8, 4) is 17.0 Å². The van der Waals surface area contributed by atoms with Crippen molar-refractivity contribution in [3.05, 3.63) is 61.6 Å². The highest BCUT2D eigenvalue weighted by Crippen LogP contribution is 2.38. The normalized spacial score (nSPS) is 11.3. The lowest BCUT2D eigenvalue weighted by atomic mass is 10.1. The maximum Gasteiger partial charge on any atom is 0.247 e. The molecule has 0 fully saturated rings. The summed E-state index contributed by atoms with van der Waals surface area (Å²) in [6, 6.07) is 11.7. The molecular weight excluding hydrogens is 492 g/mol. The van der Waals surface area contributed by atoms with Gasteiger partial charge in [-0.15, -0.1) is 0 Å². The van der Waals surface area contributed by atoms with Gasteiger partial charge in [0.05, 0.1) is 41.6 Å². The smallest absolute Gasteiger partial charge is 0.247 e. The third-order valence-corrected chi connectivity index (χ3v) is 6.25. The number of fused-ring (bicyclic) bond motifs is 1. The predicted molar refractivity (Wildman–Crippen MR) is 158 cm³/mol. The van der Waals surface area contributed by atoms with Gasteiger partial charge in [0.15, 0.2) is 0 Å². The number of hydrogen-bond donors (Lipinski definition) is 3.